The van der Waals surface area contributed by atoms with E-state index in [4.69, 9.17) is 4.98 Å². The van der Waals surface area contributed by atoms with Gasteiger partial charge in [-0.1, -0.05) is 57.2 Å². The maximum Gasteiger partial charge on any atom is 0.0804 e. The Morgan fingerprint density at radius 2 is 1.70 bits per heavy atom. The summed E-state index contributed by atoms with van der Waals surface area (Å²) < 4.78 is 0. The molecule has 102 valence electrons. The second kappa shape index (κ2) is 4.48. The number of rotatable bonds is 1. The number of hydrogen-bond acceptors (Lipinski definition) is 2. The second-order valence-corrected chi connectivity index (χ2v) is 6.24. The third-order valence-electron chi connectivity index (χ3n) is 3.74. The van der Waals surface area contributed by atoms with E-state index >= 15 is 0 Å². The zero-order chi connectivity index (χ0) is 14.3. The van der Waals surface area contributed by atoms with Gasteiger partial charge in [0.15, 0.2) is 0 Å². The first kappa shape index (κ1) is 12.9. The molecule has 0 spiro atoms. The Labute approximate surface area is 119 Å². The summed E-state index contributed by atoms with van der Waals surface area (Å²) in [7, 11) is 1.97. The predicted molar refractivity (Wildman–Crippen MR) is 87.5 cm³/mol. The van der Waals surface area contributed by atoms with Crippen molar-refractivity contribution in [3.8, 4) is 0 Å². The fourth-order valence-electron chi connectivity index (χ4n) is 2.55. The van der Waals surface area contributed by atoms with Gasteiger partial charge in [-0.3, -0.25) is 4.98 Å². The number of nitrogens with one attached hydrogen (secondary N) is 1. The molecule has 0 aliphatic heterocycles. The average molecular weight is 264 g/mol. The highest BCUT2D eigenvalue weighted by Crippen LogP contribution is 2.32. The highest BCUT2D eigenvalue weighted by molar-refractivity contribution is 6.09. The van der Waals surface area contributed by atoms with Crippen LogP contribution in [0.25, 0.3) is 21.7 Å². The van der Waals surface area contributed by atoms with Crippen molar-refractivity contribution in [2.75, 3.05) is 12.4 Å². The molecule has 0 aliphatic carbocycles. The van der Waals surface area contributed by atoms with Crippen molar-refractivity contribution in [3.05, 3.63) is 48.2 Å². The Bertz CT molecular complexity index is 782. The predicted octanol–water partition coefficient (Wildman–Crippen LogP) is 4.73. The van der Waals surface area contributed by atoms with Gasteiger partial charge in [0.2, 0.25) is 0 Å². The van der Waals surface area contributed by atoms with Gasteiger partial charge in [0.05, 0.1) is 5.52 Å². The van der Waals surface area contributed by atoms with Crippen LogP contribution in [0.15, 0.2) is 42.5 Å². The lowest BCUT2D eigenvalue weighted by molar-refractivity contribution is 0.572. The lowest BCUT2D eigenvalue weighted by Crippen LogP contribution is -2.14. The third-order valence-corrected chi connectivity index (χ3v) is 3.74. The Morgan fingerprint density at radius 1 is 0.950 bits per heavy atom. The summed E-state index contributed by atoms with van der Waals surface area (Å²) in [5, 5.41) is 6.94. The van der Waals surface area contributed by atoms with Crippen molar-refractivity contribution in [2.24, 2.45) is 0 Å². The molecule has 0 bridgehead atoms. The lowest BCUT2D eigenvalue weighted by Gasteiger charge is -2.20. The normalized spacial score (nSPS) is 12.0. The fourth-order valence-corrected chi connectivity index (χ4v) is 2.55. The fraction of sp³-hybridized carbons (Fsp3) is 0.278. The molecule has 1 heterocycles. The van der Waals surface area contributed by atoms with E-state index in [1.54, 1.807) is 0 Å². The molecular weight excluding hydrogens is 244 g/mol. The molecule has 0 radical (unpaired) electrons. The maximum atomic E-state index is 4.94. The van der Waals surface area contributed by atoms with Gasteiger partial charge in [0.25, 0.3) is 0 Å². The number of benzene rings is 2. The van der Waals surface area contributed by atoms with E-state index in [-0.39, 0.29) is 5.41 Å². The van der Waals surface area contributed by atoms with Crippen LogP contribution in [-0.4, -0.2) is 12.0 Å². The Kier molecular flexibility index (Phi) is 2.89. The van der Waals surface area contributed by atoms with Gasteiger partial charge in [-0.15, -0.1) is 0 Å². The minimum Gasteiger partial charge on any atom is -0.388 e. The number of aromatic nitrogens is 1. The van der Waals surface area contributed by atoms with E-state index in [0.29, 0.717) is 0 Å². The van der Waals surface area contributed by atoms with Crippen LogP contribution in [0.2, 0.25) is 0 Å². The number of nitrogens with zero attached hydrogens (tertiary/aromatic N) is 1. The Balaban J connectivity index is 2.46. The molecule has 0 fully saturated rings. The van der Waals surface area contributed by atoms with Crippen LogP contribution in [0.5, 0.6) is 0 Å². The van der Waals surface area contributed by atoms with E-state index in [2.05, 4.69) is 68.6 Å². The van der Waals surface area contributed by atoms with E-state index in [0.717, 1.165) is 16.9 Å². The standard InChI is InChI=1S/C18H20N2/c1-18(2,3)16-11-15(19-4)14-10-9-12-7-5-6-8-13(12)17(14)20-16/h5-11H,1-4H3,(H,19,20). The molecule has 0 amide bonds. The summed E-state index contributed by atoms with van der Waals surface area (Å²) in [4.78, 5) is 4.94. The molecule has 0 saturated carbocycles. The number of pyridine rings is 1. The van der Waals surface area contributed by atoms with Crippen molar-refractivity contribution in [2.45, 2.75) is 26.2 Å². The van der Waals surface area contributed by atoms with Gasteiger partial charge in [-0.25, -0.2) is 0 Å². The van der Waals surface area contributed by atoms with Gasteiger partial charge < -0.3 is 5.32 Å². The monoisotopic (exact) mass is 264 g/mol. The molecule has 2 heteroatoms. The highest BCUT2D eigenvalue weighted by Gasteiger charge is 2.18. The van der Waals surface area contributed by atoms with Crippen LogP contribution >= 0.6 is 0 Å². The molecule has 0 aliphatic rings. The first-order valence-corrected chi connectivity index (χ1v) is 7.01. The van der Waals surface area contributed by atoms with E-state index < -0.39 is 0 Å². The summed E-state index contributed by atoms with van der Waals surface area (Å²) in [5.74, 6) is 0. The minimum atomic E-state index is 0.0384. The van der Waals surface area contributed by atoms with E-state index in [1.165, 1.54) is 16.2 Å². The zero-order valence-electron chi connectivity index (χ0n) is 12.5. The van der Waals surface area contributed by atoms with Crippen LogP contribution in [0.3, 0.4) is 0 Å². The second-order valence-electron chi connectivity index (χ2n) is 6.24. The van der Waals surface area contributed by atoms with Crippen molar-refractivity contribution < 1.29 is 0 Å². The zero-order valence-corrected chi connectivity index (χ0v) is 12.5. The molecule has 1 N–H and O–H groups in total. The van der Waals surface area contributed by atoms with Gasteiger partial charge in [-0.2, -0.15) is 0 Å². The average Bonchev–Trinajstić information content (AvgIpc) is 2.44. The van der Waals surface area contributed by atoms with E-state index in [1.807, 2.05) is 7.05 Å². The summed E-state index contributed by atoms with van der Waals surface area (Å²) in [5.41, 5.74) is 3.38. The maximum absolute atomic E-state index is 4.94. The molecule has 2 aromatic carbocycles. The van der Waals surface area contributed by atoms with Gasteiger partial charge in [0.1, 0.15) is 0 Å². The lowest BCUT2D eigenvalue weighted by atomic mass is 9.90. The summed E-state index contributed by atoms with van der Waals surface area (Å²) in [6.07, 6.45) is 0. The molecule has 0 saturated heterocycles. The van der Waals surface area contributed by atoms with Crippen molar-refractivity contribution in [1.82, 2.24) is 4.98 Å². The largest absolute Gasteiger partial charge is 0.388 e. The van der Waals surface area contributed by atoms with E-state index in [9.17, 15) is 0 Å². The Morgan fingerprint density at radius 3 is 2.40 bits per heavy atom. The topological polar surface area (TPSA) is 24.9 Å². The van der Waals surface area contributed by atoms with Crippen molar-refractivity contribution in [1.29, 1.82) is 0 Å². The van der Waals surface area contributed by atoms with Gasteiger partial charge >= 0.3 is 0 Å². The molecule has 2 nitrogen and oxygen atoms in total. The first-order valence-electron chi connectivity index (χ1n) is 7.01. The van der Waals surface area contributed by atoms with Crippen molar-refractivity contribution in [3.63, 3.8) is 0 Å². The molecule has 3 aromatic rings. The van der Waals surface area contributed by atoms with Crippen LogP contribution in [0.4, 0.5) is 5.69 Å². The number of hydrogen-bond donors (Lipinski definition) is 1. The van der Waals surface area contributed by atoms with Gasteiger partial charge in [0, 0.05) is 34.6 Å². The van der Waals surface area contributed by atoms with Crippen LogP contribution in [0, 0.1) is 0 Å². The summed E-state index contributed by atoms with van der Waals surface area (Å²) >= 11 is 0. The van der Waals surface area contributed by atoms with Crippen LogP contribution < -0.4 is 5.32 Å². The summed E-state index contributed by atoms with van der Waals surface area (Å²) in [6, 6.07) is 14.9. The third kappa shape index (κ3) is 2.01. The smallest absolute Gasteiger partial charge is 0.0804 e. The molecule has 0 atom stereocenters. The van der Waals surface area contributed by atoms with Crippen molar-refractivity contribution >= 4 is 27.4 Å². The number of fused-ring (bicyclic) bond motifs is 3. The minimum absolute atomic E-state index is 0.0384. The summed E-state index contributed by atoms with van der Waals surface area (Å²) in [6.45, 7) is 6.60. The number of anilines is 1. The van der Waals surface area contributed by atoms with Crippen LogP contribution in [0.1, 0.15) is 26.5 Å². The molecule has 0 unspecified atom stereocenters. The molecular formula is C18H20N2. The van der Waals surface area contributed by atoms with Gasteiger partial charge in [-0.05, 0) is 11.5 Å². The Hall–Kier alpha value is -2.09. The SMILES string of the molecule is CNc1cc(C(C)(C)C)nc2c1ccc1ccccc12. The quantitative estimate of drug-likeness (QED) is 0.643. The molecule has 3 rings (SSSR count). The van der Waals surface area contributed by atoms with Crippen LogP contribution in [-0.2, 0) is 5.41 Å². The molecule has 1 aromatic heterocycles. The first-order chi connectivity index (χ1) is 9.50. The highest BCUT2D eigenvalue weighted by atomic mass is 14.8. The molecule has 20 heavy (non-hydrogen) atoms.